The summed E-state index contributed by atoms with van der Waals surface area (Å²) in [5.41, 5.74) is 0. The molecule has 1 heterocycles. The van der Waals surface area contributed by atoms with E-state index in [-0.39, 0.29) is 10.3 Å². The SMILES string of the molecule is CC(CNS(=O)(=O)c1ccc(C#N)s1)N(C)C1CC1. The fourth-order valence-corrected chi connectivity index (χ4v) is 4.08. The van der Waals surface area contributed by atoms with Crippen LogP contribution in [0.1, 0.15) is 24.6 Å². The lowest BCUT2D eigenvalue weighted by Crippen LogP contribution is -2.40. The lowest BCUT2D eigenvalue weighted by atomic mass is 10.3. The zero-order valence-corrected chi connectivity index (χ0v) is 12.6. The van der Waals surface area contributed by atoms with Gasteiger partial charge in [0.05, 0.1) is 0 Å². The quantitative estimate of drug-likeness (QED) is 0.861. The Bertz CT molecular complexity index is 584. The molecule has 0 aromatic carbocycles. The zero-order valence-electron chi connectivity index (χ0n) is 11.0. The van der Waals surface area contributed by atoms with Gasteiger partial charge in [-0.05, 0) is 38.9 Å². The summed E-state index contributed by atoms with van der Waals surface area (Å²) >= 11 is 0.993. The largest absolute Gasteiger partial charge is 0.299 e. The molecule has 19 heavy (non-hydrogen) atoms. The van der Waals surface area contributed by atoms with Crippen molar-refractivity contribution >= 4 is 21.4 Å². The molecule has 0 saturated heterocycles. The molecule has 1 atom stereocenters. The molecule has 1 aromatic heterocycles. The van der Waals surface area contributed by atoms with Gasteiger partial charge in [0, 0.05) is 18.6 Å². The normalized spacial score (nSPS) is 17.4. The number of hydrogen-bond acceptors (Lipinski definition) is 5. The third-order valence-corrected chi connectivity index (χ3v) is 6.25. The lowest BCUT2D eigenvalue weighted by Gasteiger charge is -2.24. The summed E-state index contributed by atoms with van der Waals surface area (Å²) in [4.78, 5) is 2.61. The maximum atomic E-state index is 12.0. The Kier molecular flexibility index (Phi) is 4.26. The first-order valence-corrected chi connectivity index (χ1v) is 8.45. The average molecular weight is 299 g/mol. The second-order valence-corrected chi connectivity index (χ2v) is 7.91. The summed E-state index contributed by atoms with van der Waals surface area (Å²) in [6.07, 6.45) is 2.40. The van der Waals surface area contributed by atoms with E-state index >= 15 is 0 Å². The molecule has 0 amide bonds. The van der Waals surface area contributed by atoms with Gasteiger partial charge < -0.3 is 0 Å². The first kappa shape index (κ1) is 14.5. The van der Waals surface area contributed by atoms with Crippen LogP contribution in [-0.4, -0.2) is 39.0 Å². The van der Waals surface area contributed by atoms with Crippen molar-refractivity contribution in [3.63, 3.8) is 0 Å². The summed E-state index contributed by atoms with van der Waals surface area (Å²) in [6.45, 7) is 2.39. The van der Waals surface area contributed by atoms with Crippen LogP contribution in [0.4, 0.5) is 0 Å². The molecule has 2 rings (SSSR count). The number of rotatable bonds is 6. The van der Waals surface area contributed by atoms with E-state index < -0.39 is 10.0 Å². The molecule has 1 aromatic rings. The van der Waals surface area contributed by atoms with Gasteiger partial charge in [-0.25, -0.2) is 13.1 Å². The van der Waals surface area contributed by atoms with Crippen molar-refractivity contribution in [3.05, 3.63) is 17.0 Å². The van der Waals surface area contributed by atoms with Crippen LogP contribution in [0.25, 0.3) is 0 Å². The van der Waals surface area contributed by atoms with Gasteiger partial charge in [-0.15, -0.1) is 11.3 Å². The van der Waals surface area contributed by atoms with Gasteiger partial charge in [-0.1, -0.05) is 0 Å². The first-order chi connectivity index (χ1) is 8.94. The van der Waals surface area contributed by atoms with Crippen molar-refractivity contribution in [2.45, 2.75) is 36.1 Å². The van der Waals surface area contributed by atoms with Crippen LogP contribution in [-0.2, 0) is 10.0 Å². The molecule has 0 bridgehead atoms. The number of nitrogens with one attached hydrogen (secondary N) is 1. The van der Waals surface area contributed by atoms with Gasteiger partial charge in [-0.2, -0.15) is 5.26 Å². The van der Waals surface area contributed by atoms with Crippen molar-refractivity contribution in [1.82, 2.24) is 9.62 Å². The molecule has 1 unspecified atom stereocenters. The van der Waals surface area contributed by atoms with Gasteiger partial charge in [0.1, 0.15) is 15.2 Å². The second-order valence-electron chi connectivity index (χ2n) is 4.83. The predicted octanol–water partition coefficient (Wildman–Crippen LogP) is 1.38. The van der Waals surface area contributed by atoms with Crippen molar-refractivity contribution < 1.29 is 8.42 Å². The van der Waals surface area contributed by atoms with Crippen LogP contribution in [0.5, 0.6) is 0 Å². The van der Waals surface area contributed by atoms with Gasteiger partial charge in [-0.3, -0.25) is 4.90 Å². The minimum Gasteiger partial charge on any atom is -0.299 e. The number of hydrogen-bond donors (Lipinski definition) is 1. The van der Waals surface area contributed by atoms with Crippen LogP contribution in [0, 0.1) is 11.3 Å². The zero-order chi connectivity index (χ0) is 14.0. The maximum Gasteiger partial charge on any atom is 0.250 e. The molecule has 7 heteroatoms. The van der Waals surface area contributed by atoms with E-state index in [4.69, 9.17) is 5.26 Å². The topological polar surface area (TPSA) is 73.2 Å². The van der Waals surface area contributed by atoms with Crippen molar-refractivity contribution in [1.29, 1.82) is 5.26 Å². The maximum absolute atomic E-state index is 12.0. The number of sulfonamides is 1. The van der Waals surface area contributed by atoms with Gasteiger partial charge >= 0.3 is 0 Å². The van der Waals surface area contributed by atoms with Crippen molar-refractivity contribution in [2.75, 3.05) is 13.6 Å². The molecular weight excluding hydrogens is 282 g/mol. The molecule has 1 fully saturated rings. The number of thiophene rings is 1. The van der Waals surface area contributed by atoms with Gasteiger partial charge in [0.15, 0.2) is 0 Å². The monoisotopic (exact) mass is 299 g/mol. The molecule has 1 aliphatic carbocycles. The summed E-state index contributed by atoms with van der Waals surface area (Å²) < 4.78 is 26.9. The minimum atomic E-state index is -3.49. The van der Waals surface area contributed by atoms with E-state index in [9.17, 15) is 8.42 Å². The van der Waals surface area contributed by atoms with Crippen LogP contribution >= 0.6 is 11.3 Å². The van der Waals surface area contributed by atoms with Crippen LogP contribution < -0.4 is 4.72 Å². The van der Waals surface area contributed by atoms with E-state index in [1.165, 1.54) is 25.0 Å². The number of likely N-dealkylation sites (N-methyl/N-ethyl adjacent to an activating group) is 1. The Morgan fingerprint density at radius 2 is 2.26 bits per heavy atom. The predicted molar refractivity (Wildman–Crippen MR) is 74.5 cm³/mol. The lowest BCUT2D eigenvalue weighted by molar-refractivity contribution is 0.248. The van der Waals surface area contributed by atoms with E-state index in [1.54, 1.807) is 0 Å². The molecular formula is C12H17N3O2S2. The van der Waals surface area contributed by atoms with Crippen LogP contribution in [0.3, 0.4) is 0 Å². The summed E-state index contributed by atoms with van der Waals surface area (Å²) in [6, 6.07) is 5.71. The van der Waals surface area contributed by atoms with E-state index in [0.29, 0.717) is 17.5 Å². The summed E-state index contributed by atoms with van der Waals surface area (Å²) in [5.74, 6) is 0. The fraction of sp³-hybridized carbons (Fsp3) is 0.583. The Hall–Kier alpha value is -0.940. The molecule has 104 valence electrons. The average Bonchev–Trinajstić information content (AvgIpc) is 3.11. The van der Waals surface area contributed by atoms with Crippen molar-refractivity contribution in [3.8, 4) is 6.07 Å². The van der Waals surface area contributed by atoms with Gasteiger partial charge in [0.2, 0.25) is 10.0 Å². The number of nitriles is 1. The third-order valence-electron chi connectivity index (χ3n) is 3.34. The smallest absolute Gasteiger partial charge is 0.250 e. The molecule has 1 saturated carbocycles. The third kappa shape index (κ3) is 3.54. The standard InChI is InChI=1S/C12H17N3O2S2/c1-9(15(2)10-3-4-10)8-14-19(16,17)12-6-5-11(7-13)18-12/h5-6,9-10,14H,3-4,8H2,1-2H3. The number of nitrogens with zero attached hydrogens (tertiary/aromatic N) is 2. The van der Waals surface area contributed by atoms with Crippen LogP contribution in [0.2, 0.25) is 0 Å². The van der Waals surface area contributed by atoms with Crippen LogP contribution in [0.15, 0.2) is 16.3 Å². The Morgan fingerprint density at radius 1 is 1.58 bits per heavy atom. The second kappa shape index (κ2) is 5.59. The highest BCUT2D eigenvalue weighted by atomic mass is 32.2. The van der Waals surface area contributed by atoms with E-state index in [0.717, 1.165) is 11.3 Å². The molecule has 5 nitrogen and oxygen atoms in total. The summed E-state index contributed by atoms with van der Waals surface area (Å²) in [7, 11) is -1.47. The fourth-order valence-electron chi connectivity index (χ4n) is 1.81. The molecule has 1 aliphatic rings. The first-order valence-electron chi connectivity index (χ1n) is 6.15. The molecule has 0 spiro atoms. The highest BCUT2D eigenvalue weighted by Gasteiger charge is 2.29. The highest BCUT2D eigenvalue weighted by Crippen LogP contribution is 2.27. The van der Waals surface area contributed by atoms with E-state index in [2.05, 4.69) is 9.62 Å². The van der Waals surface area contributed by atoms with E-state index in [1.807, 2.05) is 20.0 Å². The highest BCUT2D eigenvalue weighted by molar-refractivity contribution is 7.91. The minimum absolute atomic E-state index is 0.165. The Labute approximate surface area is 117 Å². The van der Waals surface area contributed by atoms with Gasteiger partial charge in [0.25, 0.3) is 0 Å². The summed E-state index contributed by atoms with van der Waals surface area (Å²) in [5, 5.41) is 8.71. The molecule has 0 radical (unpaired) electrons. The molecule has 1 N–H and O–H groups in total. The molecule has 0 aliphatic heterocycles. The van der Waals surface area contributed by atoms with Crippen molar-refractivity contribution in [2.24, 2.45) is 0 Å². The Morgan fingerprint density at radius 3 is 2.79 bits per heavy atom. The Balaban J connectivity index is 1.95.